The minimum atomic E-state index is -0.108. The van der Waals surface area contributed by atoms with Crippen LogP contribution in [0.4, 0.5) is 5.69 Å². The molecule has 106 valence electrons. The maximum Gasteiger partial charge on any atom is 0.266 e. The molecule has 4 nitrogen and oxygen atoms in total. The normalized spacial score (nSPS) is 10.8. The van der Waals surface area contributed by atoms with Crippen LogP contribution in [0.15, 0.2) is 53.3 Å². The summed E-state index contributed by atoms with van der Waals surface area (Å²) in [6, 6.07) is 15.1. The smallest absolute Gasteiger partial charge is 0.266 e. The second-order valence-corrected chi connectivity index (χ2v) is 5.39. The van der Waals surface area contributed by atoms with E-state index in [1.54, 1.807) is 10.6 Å². The molecule has 0 saturated heterocycles. The van der Waals surface area contributed by atoms with Crippen LogP contribution in [0.5, 0.6) is 0 Å². The number of aromatic nitrogens is 2. The lowest BCUT2D eigenvalue weighted by Gasteiger charge is -2.18. The highest BCUT2D eigenvalue weighted by Gasteiger charge is 2.11. The van der Waals surface area contributed by atoms with Gasteiger partial charge in [-0.3, -0.25) is 9.36 Å². The van der Waals surface area contributed by atoms with Gasteiger partial charge in [0.2, 0.25) is 0 Å². The van der Waals surface area contributed by atoms with Gasteiger partial charge >= 0.3 is 0 Å². The summed E-state index contributed by atoms with van der Waals surface area (Å²) >= 11 is 5.38. The largest absolute Gasteiger partial charge is 0.376 e. The second-order valence-electron chi connectivity index (χ2n) is 5.00. The van der Waals surface area contributed by atoms with Crippen molar-refractivity contribution in [3.63, 3.8) is 0 Å². The summed E-state index contributed by atoms with van der Waals surface area (Å²) in [5.74, 6) is 0. The third-order valence-electron chi connectivity index (χ3n) is 3.41. The third-order valence-corrected chi connectivity index (χ3v) is 3.69. The number of anilines is 1. The highest BCUT2D eigenvalue weighted by Crippen LogP contribution is 2.22. The zero-order chi connectivity index (χ0) is 15.0. The first-order chi connectivity index (χ1) is 10.1. The molecule has 5 heteroatoms. The molecule has 0 radical (unpaired) electrons. The fourth-order valence-electron chi connectivity index (χ4n) is 2.41. The van der Waals surface area contributed by atoms with Gasteiger partial charge in [-0.15, -0.1) is 0 Å². The van der Waals surface area contributed by atoms with E-state index in [9.17, 15) is 4.79 Å². The minimum absolute atomic E-state index is 0.108. The van der Waals surface area contributed by atoms with Crippen LogP contribution in [-0.2, 0) is 0 Å². The van der Waals surface area contributed by atoms with Crippen LogP contribution in [0.3, 0.4) is 0 Å². The lowest BCUT2D eigenvalue weighted by Crippen LogP contribution is -2.23. The third kappa shape index (κ3) is 2.25. The van der Waals surface area contributed by atoms with E-state index < -0.39 is 0 Å². The van der Waals surface area contributed by atoms with Crippen LogP contribution in [0.25, 0.3) is 16.6 Å². The quantitative estimate of drug-likeness (QED) is 0.739. The Kier molecular flexibility index (Phi) is 3.35. The van der Waals surface area contributed by atoms with Gasteiger partial charge < -0.3 is 9.88 Å². The first kappa shape index (κ1) is 13.6. The van der Waals surface area contributed by atoms with Crippen molar-refractivity contribution < 1.29 is 0 Å². The maximum atomic E-state index is 12.8. The Morgan fingerprint density at radius 1 is 1.05 bits per heavy atom. The number of aromatic amines is 1. The SMILES string of the molecule is CN(C)c1ccccc1-n1c(=S)[nH]c2ccccc2c1=O. The number of hydrogen-bond acceptors (Lipinski definition) is 3. The van der Waals surface area contributed by atoms with E-state index in [0.717, 1.165) is 16.9 Å². The zero-order valence-electron chi connectivity index (χ0n) is 11.8. The zero-order valence-corrected chi connectivity index (χ0v) is 12.6. The highest BCUT2D eigenvalue weighted by molar-refractivity contribution is 7.71. The van der Waals surface area contributed by atoms with Crippen molar-refractivity contribution in [1.29, 1.82) is 0 Å². The summed E-state index contributed by atoms with van der Waals surface area (Å²) in [6.45, 7) is 0. The molecule has 0 spiro atoms. The van der Waals surface area contributed by atoms with Crippen molar-refractivity contribution in [2.45, 2.75) is 0 Å². The highest BCUT2D eigenvalue weighted by atomic mass is 32.1. The Morgan fingerprint density at radius 2 is 1.71 bits per heavy atom. The molecule has 0 saturated carbocycles. The Hall–Kier alpha value is -2.40. The van der Waals surface area contributed by atoms with E-state index in [4.69, 9.17) is 12.2 Å². The molecular formula is C16H15N3OS. The van der Waals surface area contributed by atoms with Crippen LogP contribution < -0.4 is 10.5 Å². The summed E-state index contributed by atoms with van der Waals surface area (Å²) in [6.07, 6.45) is 0. The summed E-state index contributed by atoms with van der Waals surface area (Å²) in [5.41, 5.74) is 2.36. The first-order valence-electron chi connectivity index (χ1n) is 6.60. The van der Waals surface area contributed by atoms with E-state index in [1.807, 2.05) is 61.5 Å². The Morgan fingerprint density at radius 3 is 2.48 bits per heavy atom. The number of H-pyrrole nitrogens is 1. The number of nitrogens with one attached hydrogen (secondary N) is 1. The molecule has 21 heavy (non-hydrogen) atoms. The molecule has 3 rings (SSSR count). The topological polar surface area (TPSA) is 41.0 Å². The van der Waals surface area contributed by atoms with Gasteiger partial charge in [-0.05, 0) is 36.5 Å². The van der Waals surface area contributed by atoms with Crippen molar-refractivity contribution in [3.05, 3.63) is 63.7 Å². The van der Waals surface area contributed by atoms with E-state index in [1.165, 1.54) is 0 Å². The molecule has 0 amide bonds. The van der Waals surface area contributed by atoms with E-state index >= 15 is 0 Å². The Balaban J connectivity index is 2.42. The average molecular weight is 297 g/mol. The summed E-state index contributed by atoms with van der Waals surface area (Å²) in [5, 5.41) is 0.625. The average Bonchev–Trinajstić information content (AvgIpc) is 2.47. The lowest BCUT2D eigenvalue weighted by molar-refractivity contribution is 0.929. The summed E-state index contributed by atoms with van der Waals surface area (Å²) in [7, 11) is 3.88. The van der Waals surface area contributed by atoms with Crippen LogP contribution in [0.2, 0.25) is 0 Å². The molecule has 2 aromatic carbocycles. The summed E-state index contributed by atoms with van der Waals surface area (Å²) < 4.78 is 1.94. The van der Waals surface area contributed by atoms with Crippen molar-refractivity contribution in [2.24, 2.45) is 0 Å². The second kappa shape index (κ2) is 5.18. The maximum absolute atomic E-state index is 12.8. The molecule has 0 aliphatic rings. The first-order valence-corrected chi connectivity index (χ1v) is 7.01. The van der Waals surface area contributed by atoms with Gasteiger partial charge in [0.25, 0.3) is 5.56 Å². The van der Waals surface area contributed by atoms with Crippen LogP contribution >= 0.6 is 12.2 Å². The fraction of sp³-hybridized carbons (Fsp3) is 0.125. The summed E-state index contributed by atoms with van der Waals surface area (Å²) in [4.78, 5) is 17.9. The van der Waals surface area contributed by atoms with Gasteiger partial charge in [0, 0.05) is 14.1 Å². The van der Waals surface area contributed by atoms with E-state index in [-0.39, 0.29) is 5.56 Å². The minimum Gasteiger partial charge on any atom is -0.376 e. The van der Waals surface area contributed by atoms with Crippen molar-refractivity contribution >= 4 is 28.8 Å². The molecule has 0 atom stereocenters. The molecule has 1 aromatic heterocycles. The monoisotopic (exact) mass is 297 g/mol. The molecule has 3 aromatic rings. The molecule has 0 aliphatic carbocycles. The molecule has 1 N–H and O–H groups in total. The number of fused-ring (bicyclic) bond motifs is 1. The Bertz CT molecular complexity index is 924. The van der Waals surface area contributed by atoms with Gasteiger partial charge in [-0.1, -0.05) is 24.3 Å². The van der Waals surface area contributed by atoms with E-state index in [0.29, 0.717) is 10.2 Å². The van der Waals surface area contributed by atoms with Crippen molar-refractivity contribution in [3.8, 4) is 5.69 Å². The number of hydrogen-bond donors (Lipinski definition) is 1. The molecule has 0 unspecified atom stereocenters. The lowest BCUT2D eigenvalue weighted by atomic mass is 10.2. The van der Waals surface area contributed by atoms with Gasteiger partial charge in [0.05, 0.1) is 22.3 Å². The van der Waals surface area contributed by atoms with Crippen LogP contribution in [-0.4, -0.2) is 23.6 Å². The molecule has 0 bridgehead atoms. The van der Waals surface area contributed by atoms with Crippen molar-refractivity contribution in [2.75, 3.05) is 19.0 Å². The molecule has 0 aliphatic heterocycles. The predicted molar refractivity (Wildman–Crippen MR) is 89.1 cm³/mol. The standard InChI is InChI=1S/C16H15N3OS/c1-18(2)13-9-5-6-10-14(13)19-15(20)11-7-3-4-8-12(11)17-16(19)21/h3-10H,1-2H3,(H,17,21). The van der Waals surface area contributed by atoms with Gasteiger partial charge in [-0.25, -0.2) is 0 Å². The van der Waals surface area contributed by atoms with Crippen LogP contribution in [0.1, 0.15) is 0 Å². The molecule has 1 heterocycles. The fourth-order valence-corrected chi connectivity index (χ4v) is 2.70. The van der Waals surface area contributed by atoms with Crippen LogP contribution in [0, 0.1) is 4.77 Å². The number of rotatable bonds is 2. The molecule has 0 fully saturated rings. The van der Waals surface area contributed by atoms with Crippen molar-refractivity contribution in [1.82, 2.24) is 9.55 Å². The van der Waals surface area contributed by atoms with Gasteiger partial charge in [0.15, 0.2) is 4.77 Å². The van der Waals surface area contributed by atoms with E-state index in [2.05, 4.69) is 4.98 Å². The predicted octanol–water partition coefficient (Wildman–Crippen LogP) is 3.11. The van der Waals surface area contributed by atoms with Gasteiger partial charge in [-0.2, -0.15) is 0 Å². The molecular weight excluding hydrogens is 282 g/mol. The van der Waals surface area contributed by atoms with Gasteiger partial charge in [0.1, 0.15) is 0 Å². The Labute approximate surface area is 127 Å². The number of benzene rings is 2. The number of nitrogens with zero attached hydrogens (tertiary/aromatic N) is 2. The number of para-hydroxylation sites is 3.